The van der Waals surface area contributed by atoms with Gasteiger partial charge in [-0.25, -0.2) is 0 Å². The number of aromatic nitrogens is 5. The van der Waals surface area contributed by atoms with E-state index in [1.165, 1.54) is 23.3 Å². The van der Waals surface area contributed by atoms with Gasteiger partial charge in [-0.3, -0.25) is 9.55 Å². The number of hydrogen-bond donors (Lipinski definition) is 0. The van der Waals surface area contributed by atoms with Gasteiger partial charge in [0.1, 0.15) is 15.8 Å². The van der Waals surface area contributed by atoms with Gasteiger partial charge >= 0.3 is 0 Å². The smallest absolute Gasteiger partial charge is 0.197 e. The fourth-order valence-electron chi connectivity index (χ4n) is 2.48. The summed E-state index contributed by atoms with van der Waals surface area (Å²) in [6.07, 6.45) is 3.47. The Labute approximate surface area is 168 Å². The molecule has 0 N–H and O–H groups in total. The van der Waals surface area contributed by atoms with Gasteiger partial charge in [0, 0.05) is 18.0 Å². The molecule has 0 aliphatic heterocycles. The summed E-state index contributed by atoms with van der Waals surface area (Å²) in [5.74, 6) is 0.712. The number of hydrogen-bond acceptors (Lipinski definition) is 7. The summed E-state index contributed by atoms with van der Waals surface area (Å²) in [4.78, 5) is 4.18. The number of nitriles is 1. The number of pyridine rings is 1. The van der Waals surface area contributed by atoms with Gasteiger partial charge in [0.15, 0.2) is 16.1 Å². The Morgan fingerprint density at radius 3 is 2.74 bits per heavy atom. The lowest BCUT2D eigenvalue weighted by Crippen LogP contribution is -2.04. The molecule has 27 heavy (non-hydrogen) atoms. The standard InChI is InChI=1S/C18H11ClN6S2/c19-15-14(9-20)17(27-24-15)26-18-23-22-16(13-7-4-8-21-10-13)25(18)11-12-5-2-1-3-6-12/h1-8,10H,11H2. The third-order valence-corrected chi connectivity index (χ3v) is 6.10. The molecule has 6 nitrogen and oxygen atoms in total. The highest BCUT2D eigenvalue weighted by Crippen LogP contribution is 2.37. The van der Waals surface area contributed by atoms with Crippen LogP contribution in [0.1, 0.15) is 11.1 Å². The molecule has 0 saturated heterocycles. The van der Waals surface area contributed by atoms with E-state index < -0.39 is 0 Å². The monoisotopic (exact) mass is 410 g/mol. The van der Waals surface area contributed by atoms with Gasteiger partial charge in [0.2, 0.25) is 0 Å². The van der Waals surface area contributed by atoms with Crippen molar-refractivity contribution in [3.05, 3.63) is 71.1 Å². The minimum absolute atomic E-state index is 0.214. The molecule has 0 aliphatic rings. The maximum atomic E-state index is 9.32. The normalized spacial score (nSPS) is 10.7. The predicted molar refractivity (Wildman–Crippen MR) is 105 cm³/mol. The second-order valence-corrected chi connectivity index (χ2v) is 7.84. The van der Waals surface area contributed by atoms with Crippen molar-refractivity contribution in [3.63, 3.8) is 0 Å². The van der Waals surface area contributed by atoms with Crippen molar-refractivity contribution in [2.45, 2.75) is 15.9 Å². The molecule has 0 spiro atoms. The predicted octanol–water partition coefficient (Wildman–Crippen LogP) is 4.52. The summed E-state index contributed by atoms with van der Waals surface area (Å²) in [6, 6.07) is 16.0. The molecule has 4 aromatic rings. The lowest BCUT2D eigenvalue weighted by Gasteiger charge is -2.10. The first-order valence-corrected chi connectivity index (χ1v) is 9.83. The van der Waals surface area contributed by atoms with Gasteiger partial charge in [-0.05, 0) is 41.0 Å². The van der Waals surface area contributed by atoms with Gasteiger partial charge in [-0.2, -0.15) is 9.64 Å². The maximum Gasteiger partial charge on any atom is 0.197 e. The Balaban J connectivity index is 1.77. The minimum Gasteiger partial charge on any atom is -0.297 e. The fraction of sp³-hybridized carbons (Fsp3) is 0.0556. The molecule has 0 amide bonds. The SMILES string of the molecule is N#Cc1c(Cl)nsc1Sc1nnc(-c2cccnc2)n1Cc1ccccc1. The van der Waals surface area contributed by atoms with Crippen molar-refractivity contribution >= 4 is 34.9 Å². The Bertz CT molecular complexity index is 1100. The van der Waals surface area contributed by atoms with Crippen LogP contribution in [0, 0.1) is 11.3 Å². The number of nitrogens with zero attached hydrogens (tertiary/aromatic N) is 6. The van der Waals surface area contributed by atoms with E-state index in [2.05, 4.69) is 25.6 Å². The highest BCUT2D eigenvalue weighted by molar-refractivity contribution is 8.01. The lowest BCUT2D eigenvalue weighted by atomic mass is 10.2. The van der Waals surface area contributed by atoms with Crippen LogP contribution in [0.3, 0.4) is 0 Å². The zero-order chi connectivity index (χ0) is 18.6. The van der Waals surface area contributed by atoms with Crippen LogP contribution < -0.4 is 0 Å². The summed E-state index contributed by atoms with van der Waals surface area (Å²) in [6.45, 7) is 0.592. The van der Waals surface area contributed by atoms with Gasteiger partial charge in [-0.15, -0.1) is 10.2 Å². The van der Waals surface area contributed by atoms with Crippen LogP contribution in [0.25, 0.3) is 11.4 Å². The second kappa shape index (κ2) is 7.88. The molecule has 4 rings (SSSR count). The van der Waals surface area contributed by atoms with Crippen LogP contribution in [0.5, 0.6) is 0 Å². The van der Waals surface area contributed by atoms with E-state index in [9.17, 15) is 5.26 Å². The molecule has 0 saturated carbocycles. The average Bonchev–Trinajstić information content (AvgIpc) is 3.27. The van der Waals surface area contributed by atoms with Gasteiger partial charge in [-0.1, -0.05) is 41.9 Å². The van der Waals surface area contributed by atoms with E-state index in [4.69, 9.17) is 11.6 Å². The third-order valence-electron chi connectivity index (χ3n) is 3.73. The molecular formula is C18H11ClN6S2. The van der Waals surface area contributed by atoms with Crippen molar-refractivity contribution in [2.75, 3.05) is 0 Å². The second-order valence-electron chi connectivity index (χ2n) is 5.47. The minimum atomic E-state index is 0.214. The van der Waals surface area contributed by atoms with Crippen molar-refractivity contribution in [2.24, 2.45) is 0 Å². The van der Waals surface area contributed by atoms with E-state index in [0.29, 0.717) is 27.3 Å². The summed E-state index contributed by atoms with van der Waals surface area (Å²) < 4.78 is 6.76. The Kier molecular flexibility index (Phi) is 5.16. The van der Waals surface area contributed by atoms with Crippen molar-refractivity contribution in [1.29, 1.82) is 5.26 Å². The first kappa shape index (κ1) is 17.7. The molecule has 0 unspecified atom stereocenters. The lowest BCUT2D eigenvalue weighted by molar-refractivity contribution is 0.715. The number of halogens is 1. The van der Waals surface area contributed by atoms with E-state index >= 15 is 0 Å². The highest BCUT2D eigenvalue weighted by atomic mass is 35.5. The van der Waals surface area contributed by atoms with Gasteiger partial charge in [0.25, 0.3) is 0 Å². The first-order valence-electron chi connectivity index (χ1n) is 7.87. The summed E-state index contributed by atoms with van der Waals surface area (Å²) >= 11 is 8.51. The molecule has 0 fully saturated rings. The topological polar surface area (TPSA) is 80.3 Å². The van der Waals surface area contributed by atoms with Crippen LogP contribution in [-0.4, -0.2) is 24.1 Å². The van der Waals surface area contributed by atoms with Crippen LogP contribution >= 0.6 is 34.9 Å². The molecule has 0 radical (unpaired) electrons. The molecule has 132 valence electrons. The Hall–Kier alpha value is -2.73. The highest BCUT2D eigenvalue weighted by Gasteiger charge is 2.20. The average molecular weight is 411 g/mol. The molecule has 0 bridgehead atoms. The van der Waals surface area contributed by atoms with E-state index in [1.807, 2.05) is 47.0 Å². The molecule has 9 heteroatoms. The zero-order valence-corrected chi connectivity index (χ0v) is 16.2. The Morgan fingerprint density at radius 1 is 1.15 bits per heavy atom. The van der Waals surface area contributed by atoms with Crippen molar-refractivity contribution in [1.82, 2.24) is 24.1 Å². The van der Waals surface area contributed by atoms with Gasteiger partial charge < -0.3 is 0 Å². The molecule has 3 heterocycles. The van der Waals surface area contributed by atoms with Gasteiger partial charge in [0.05, 0.1) is 6.54 Å². The van der Waals surface area contributed by atoms with Crippen LogP contribution in [0.2, 0.25) is 5.15 Å². The van der Waals surface area contributed by atoms with Crippen LogP contribution in [0.4, 0.5) is 0 Å². The van der Waals surface area contributed by atoms with Crippen molar-refractivity contribution in [3.8, 4) is 17.5 Å². The van der Waals surface area contributed by atoms with Crippen molar-refractivity contribution < 1.29 is 0 Å². The van der Waals surface area contributed by atoms with E-state index in [0.717, 1.165) is 11.1 Å². The molecule has 1 aromatic carbocycles. The summed E-state index contributed by atoms with van der Waals surface area (Å²) in [5.41, 5.74) is 2.35. The van der Waals surface area contributed by atoms with E-state index in [-0.39, 0.29) is 5.15 Å². The number of rotatable bonds is 5. The fourth-order valence-corrected chi connectivity index (χ4v) is 4.56. The van der Waals surface area contributed by atoms with Crippen LogP contribution in [-0.2, 0) is 6.54 Å². The zero-order valence-electron chi connectivity index (χ0n) is 13.8. The quantitative estimate of drug-likeness (QED) is 0.481. The summed E-state index contributed by atoms with van der Waals surface area (Å²) in [5, 5.41) is 18.9. The number of benzene rings is 1. The molecule has 0 atom stereocenters. The largest absolute Gasteiger partial charge is 0.297 e. The molecular weight excluding hydrogens is 400 g/mol. The first-order chi connectivity index (χ1) is 13.3. The summed E-state index contributed by atoms with van der Waals surface area (Å²) in [7, 11) is 0. The Morgan fingerprint density at radius 2 is 2.00 bits per heavy atom. The molecule has 3 aromatic heterocycles. The third kappa shape index (κ3) is 3.71. The van der Waals surface area contributed by atoms with Crippen LogP contribution in [0.15, 0.2) is 64.2 Å². The molecule has 0 aliphatic carbocycles. The maximum absolute atomic E-state index is 9.32. The van der Waals surface area contributed by atoms with E-state index in [1.54, 1.807) is 12.4 Å².